The monoisotopic (exact) mass is 478 g/mol. The van der Waals surface area contributed by atoms with Crippen LogP contribution in [0.2, 0.25) is 0 Å². The van der Waals surface area contributed by atoms with Gasteiger partial charge in [0.15, 0.2) is 0 Å². The van der Waals surface area contributed by atoms with Gasteiger partial charge in [0.2, 0.25) is 0 Å². The van der Waals surface area contributed by atoms with Gasteiger partial charge in [0.25, 0.3) is 0 Å². The van der Waals surface area contributed by atoms with Crippen LogP contribution in [-0.2, 0) is 6.61 Å². The van der Waals surface area contributed by atoms with Gasteiger partial charge in [-0.1, -0.05) is 51.5 Å². The molecule has 0 unspecified atom stereocenters. The van der Waals surface area contributed by atoms with Crippen LogP contribution in [0.5, 0.6) is 5.75 Å². The van der Waals surface area contributed by atoms with Crippen molar-refractivity contribution in [1.29, 1.82) is 0 Å². The number of benzene rings is 2. The molecule has 0 radical (unpaired) electrons. The summed E-state index contributed by atoms with van der Waals surface area (Å²) in [5, 5.41) is 2.25. The van der Waals surface area contributed by atoms with Crippen LogP contribution < -0.4 is 10.5 Å². The van der Waals surface area contributed by atoms with Crippen LogP contribution in [0.1, 0.15) is 56.9 Å². The van der Waals surface area contributed by atoms with Crippen molar-refractivity contribution in [3.8, 4) is 5.75 Å². The van der Waals surface area contributed by atoms with Crippen LogP contribution in [0.25, 0.3) is 22.0 Å². The van der Waals surface area contributed by atoms with Gasteiger partial charge in [-0.05, 0) is 65.6 Å². The minimum Gasteiger partial charge on any atom is -0.488 e. The molecule has 1 aliphatic heterocycles. The second-order valence-electron chi connectivity index (χ2n) is 10.6. The van der Waals surface area contributed by atoms with E-state index < -0.39 is 0 Å². The molecule has 3 aromatic rings. The largest absolute Gasteiger partial charge is 0.488 e. The van der Waals surface area contributed by atoms with Crippen LogP contribution >= 0.6 is 0 Å². The average molecular weight is 479 g/mol. The zero-order chi connectivity index (χ0) is 25.1. The lowest BCUT2D eigenvalue weighted by atomic mass is 9.78. The van der Waals surface area contributed by atoms with E-state index in [1.165, 1.54) is 24.8 Å². The second kappa shape index (κ2) is 10.2. The number of hydrogen-bond acceptors (Lipinski definition) is 5. The fraction of sp³-hybridized carbons (Fsp3) is 0.323. The second-order valence-corrected chi connectivity index (χ2v) is 10.6. The third-order valence-electron chi connectivity index (χ3n) is 6.93. The lowest BCUT2D eigenvalue weighted by Gasteiger charge is -2.27. The molecule has 2 N–H and O–H groups in total. The molecular weight excluding hydrogens is 444 g/mol. The molecule has 5 rings (SSSR count). The molecule has 1 saturated carbocycles. The van der Waals surface area contributed by atoms with Crippen LogP contribution in [0, 0.1) is 11.3 Å². The quantitative estimate of drug-likeness (QED) is 0.361. The van der Waals surface area contributed by atoms with Gasteiger partial charge in [-0.2, -0.15) is 0 Å². The van der Waals surface area contributed by atoms with Gasteiger partial charge < -0.3 is 10.5 Å². The number of pyridine rings is 1. The predicted octanol–water partition coefficient (Wildman–Crippen LogP) is 6.83. The normalized spacial score (nSPS) is 16.5. The summed E-state index contributed by atoms with van der Waals surface area (Å²) in [6.07, 6.45) is 11.3. The lowest BCUT2D eigenvalue weighted by molar-refractivity contribution is 0.310. The molecule has 2 aromatic carbocycles. The maximum atomic E-state index is 6.35. The molecule has 0 bridgehead atoms. The Morgan fingerprint density at radius 1 is 1.11 bits per heavy atom. The van der Waals surface area contributed by atoms with Crippen LogP contribution in [0.4, 0.5) is 0 Å². The van der Waals surface area contributed by atoms with E-state index in [-0.39, 0.29) is 5.41 Å². The van der Waals surface area contributed by atoms with Crippen molar-refractivity contribution in [1.82, 2.24) is 4.98 Å². The van der Waals surface area contributed by atoms with E-state index in [1.54, 1.807) is 6.21 Å². The fourth-order valence-corrected chi connectivity index (χ4v) is 4.58. The molecular formula is C31H34N4O. The standard InChI is InChI=1S/C31H34N4O/c1-31(2,3)30-18-28(35-30)24-11-12-29(25-10-5-4-9-23(24)25)36-20-21-13-15-34-27(17-21)26(19-33-16-14-32)22-7-6-8-22/h4-5,9-13,15-19,22H,6-8,14,20,32H2,1-3H3/b26-19?,33-16-. The highest BCUT2D eigenvalue weighted by Gasteiger charge is 2.25. The third-order valence-corrected chi connectivity index (χ3v) is 6.93. The molecule has 1 aliphatic carbocycles. The van der Waals surface area contributed by atoms with Gasteiger partial charge >= 0.3 is 0 Å². The number of allylic oxidation sites excluding steroid dienone is 2. The molecule has 0 spiro atoms. The van der Waals surface area contributed by atoms with Gasteiger partial charge in [0, 0.05) is 47.2 Å². The Hall–Kier alpha value is -3.57. The maximum Gasteiger partial charge on any atom is 0.127 e. The predicted molar refractivity (Wildman–Crippen MR) is 150 cm³/mol. The van der Waals surface area contributed by atoms with Crippen LogP contribution in [0.3, 0.4) is 0 Å². The first-order valence-electron chi connectivity index (χ1n) is 12.8. The first-order chi connectivity index (χ1) is 17.4. The Morgan fingerprint density at radius 2 is 1.89 bits per heavy atom. The molecule has 1 fully saturated rings. The van der Waals surface area contributed by atoms with E-state index in [9.17, 15) is 0 Å². The molecule has 0 saturated heterocycles. The summed E-state index contributed by atoms with van der Waals surface area (Å²) >= 11 is 0. The van der Waals surface area contributed by atoms with E-state index in [4.69, 9.17) is 15.5 Å². The summed E-state index contributed by atoms with van der Waals surface area (Å²) in [5.41, 5.74) is 12.2. The van der Waals surface area contributed by atoms with Gasteiger partial charge in [-0.3, -0.25) is 15.0 Å². The number of aromatic nitrogens is 1. The van der Waals surface area contributed by atoms with Crippen molar-refractivity contribution in [2.45, 2.75) is 46.6 Å². The fourth-order valence-electron chi connectivity index (χ4n) is 4.58. The molecule has 5 heteroatoms. The Kier molecular flexibility index (Phi) is 6.84. The highest BCUT2D eigenvalue weighted by atomic mass is 16.5. The summed E-state index contributed by atoms with van der Waals surface area (Å²) in [6, 6.07) is 16.7. The molecule has 184 valence electrons. The first-order valence-corrected chi connectivity index (χ1v) is 12.8. The number of nitrogens with two attached hydrogens (primary N) is 1. The number of ether oxygens (including phenoxy) is 1. The van der Waals surface area contributed by atoms with Gasteiger partial charge in [0.05, 0.1) is 11.4 Å². The Balaban J connectivity index is 1.37. The number of hydrogen-bond donors (Lipinski definition) is 1. The molecule has 36 heavy (non-hydrogen) atoms. The maximum absolute atomic E-state index is 6.35. The molecule has 0 atom stereocenters. The Bertz CT molecular complexity index is 1390. The topological polar surface area (TPSA) is 72.9 Å². The summed E-state index contributed by atoms with van der Waals surface area (Å²) in [4.78, 5) is 13.9. The highest BCUT2D eigenvalue weighted by Crippen LogP contribution is 2.39. The van der Waals surface area contributed by atoms with E-state index in [1.807, 2.05) is 18.5 Å². The van der Waals surface area contributed by atoms with E-state index >= 15 is 0 Å². The molecule has 0 amide bonds. The summed E-state index contributed by atoms with van der Waals surface area (Å²) < 4.78 is 6.35. The average Bonchev–Trinajstić information content (AvgIpc) is 2.80. The number of rotatable bonds is 8. The third kappa shape index (κ3) is 5.02. The van der Waals surface area contributed by atoms with Crippen molar-refractivity contribution in [3.05, 3.63) is 83.8 Å². The zero-order valence-electron chi connectivity index (χ0n) is 21.4. The van der Waals surface area contributed by atoms with Crippen LogP contribution in [0.15, 0.2) is 77.0 Å². The van der Waals surface area contributed by atoms with Crippen molar-refractivity contribution in [2.24, 2.45) is 27.1 Å². The van der Waals surface area contributed by atoms with Gasteiger partial charge in [0.1, 0.15) is 12.4 Å². The van der Waals surface area contributed by atoms with Crippen molar-refractivity contribution in [2.75, 3.05) is 6.54 Å². The molecule has 2 heterocycles. The first kappa shape index (κ1) is 24.1. The van der Waals surface area contributed by atoms with E-state index in [2.05, 4.69) is 79.3 Å². The number of aliphatic imine (C=N–C) groups is 2. The minimum absolute atomic E-state index is 0.0657. The number of nitrogens with zero attached hydrogens (tertiary/aromatic N) is 3. The summed E-state index contributed by atoms with van der Waals surface area (Å²) in [7, 11) is 0. The molecule has 5 nitrogen and oxygen atoms in total. The van der Waals surface area contributed by atoms with Crippen molar-refractivity contribution in [3.63, 3.8) is 0 Å². The highest BCUT2D eigenvalue weighted by molar-refractivity contribution is 6.15. The van der Waals surface area contributed by atoms with Crippen molar-refractivity contribution < 1.29 is 4.74 Å². The minimum atomic E-state index is 0.0657. The summed E-state index contributed by atoms with van der Waals surface area (Å²) in [5.74, 6) is 1.39. The Labute approximate surface area is 213 Å². The summed E-state index contributed by atoms with van der Waals surface area (Å²) in [6.45, 7) is 7.48. The lowest BCUT2D eigenvalue weighted by Crippen LogP contribution is -2.22. The van der Waals surface area contributed by atoms with E-state index in [0.29, 0.717) is 19.1 Å². The Morgan fingerprint density at radius 3 is 2.58 bits per heavy atom. The van der Waals surface area contributed by atoms with Crippen LogP contribution in [-0.4, -0.2) is 23.5 Å². The van der Waals surface area contributed by atoms with Gasteiger partial charge in [-0.25, -0.2) is 0 Å². The van der Waals surface area contributed by atoms with E-state index in [0.717, 1.165) is 44.8 Å². The van der Waals surface area contributed by atoms with Gasteiger partial charge in [-0.15, -0.1) is 0 Å². The smallest absolute Gasteiger partial charge is 0.127 e. The number of fused-ring (bicyclic) bond motifs is 1. The molecule has 1 aromatic heterocycles. The zero-order valence-corrected chi connectivity index (χ0v) is 21.4. The SMILES string of the molecule is CC(C)(C)C1=NC(c2ccc(OCc3ccnc(C(=C/N=C\CN)C4CCC4)c3)c3ccccc23)=C1. The van der Waals surface area contributed by atoms with Crippen molar-refractivity contribution >= 4 is 34.0 Å². The molecule has 2 aliphatic rings.